The van der Waals surface area contributed by atoms with Crippen LogP contribution in [-0.2, 0) is 14.4 Å². The van der Waals surface area contributed by atoms with Crippen LogP contribution in [0.25, 0.3) is 0 Å². The van der Waals surface area contributed by atoms with Gasteiger partial charge >= 0.3 is 0 Å². The van der Waals surface area contributed by atoms with E-state index in [1.807, 2.05) is 0 Å². The summed E-state index contributed by atoms with van der Waals surface area (Å²) in [5.74, 6) is -0.896. The van der Waals surface area contributed by atoms with Crippen LogP contribution < -0.4 is 33.2 Å². The van der Waals surface area contributed by atoms with Crippen LogP contribution in [0.3, 0.4) is 0 Å². The second-order valence-electron chi connectivity index (χ2n) is 19.4. The summed E-state index contributed by atoms with van der Waals surface area (Å²) in [5, 5.41) is 21.6. The predicted octanol–water partition coefficient (Wildman–Crippen LogP) is 4.89. The molecule has 0 aromatic rings. The molecule has 9 N–H and O–H groups in total. The molecule has 0 rings (SSSR count). The van der Waals surface area contributed by atoms with Crippen molar-refractivity contribution in [3.05, 3.63) is 10.1 Å². The van der Waals surface area contributed by atoms with Crippen LogP contribution in [0.5, 0.6) is 0 Å². The highest BCUT2D eigenvalue weighted by Crippen LogP contribution is 2.35. The van der Waals surface area contributed by atoms with E-state index in [2.05, 4.69) is 99.0 Å². The smallest absolute Gasteiger partial charge is 0.223 e. The summed E-state index contributed by atoms with van der Waals surface area (Å²) < 4.78 is 0. The van der Waals surface area contributed by atoms with Crippen LogP contribution in [0, 0.1) is 42.6 Å². The van der Waals surface area contributed by atoms with Gasteiger partial charge in [0.25, 0.3) is 0 Å². The van der Waals surface area contributed by atoms with E-state index in [0.717, 1.165) is 19.3 Å². The average Bonchev–Trinajstić information content (AvgIpc) is 2.96. The zero-order valence-electron chi connectivity index (χ0n) is 33.3. The van der Waals surface area contributed by atoms with Crippen molar-refractivity contribution in [2.45, 2.75) is 146 Å². The minimum atomic E-state index is -1.63. The Bertz CT molecular complexity index is 961. The molecule has 0 aliphatic carbocycles. The number of nitrogens with zero attached hydrogens (tertiary/aromatic N) is 1. The number of carbonyl (C=O) groups is 3. The van der Waals surface area contributed by atoms with Crippen molar-refractivity contribution in [2.24, 2.45) is 49.7 Å². The molecule has 0 atom stereocenters. The maximum Gasteiger partial charge on any atom is 0.223 e. The molecule has 0 fully saturated rings. The lowest BCUT2D eigenvalue weighted by Crippen LogP contribution is -2.44. The first-order valence-electron chi connectivity index (χ1n) is 18.1. The van der Waals surface area contributed by atoms with Gasteiger partial charge in [0.05, 0.1) is 0 Å². The van der Waals surface area contributed by atoms with Gasteiger partial charge in [0.2, 0.25) is 23.3 Å². The van der Waals surface area contributed by atoms with Gasteiger partial charge in [-0.05, 0) is 71.4 Å². The summed E-state index contributed by atoms with van der Waals surface area (Å²) in [6.07, 6.45) is 1.83. The van der Waals surface area contributed by atoms with Crippen LogP contribution in [-0.4, -0.2) is 67.5 Å². The van der Waals surface area contributed by atoms with Gasteiger partial charge in [-0.25, -0.2) is 0 Å². The van der Waals surface area contributed by atoms with E-state index < -0.39 is 10.5 Å². The molecule has 49 heavy (non-hydrogen) atoms. The van der Waals surface area contributed by atoms with Gasteiger partial charge in [-0.15, -0.1) is 0 Å². The minimum Gasteiger partial charge on any atom is -0.356 e. The molecule has 0 aliphatic heterocycles. The van der Waals surface area contributed by atoms with Gasteiger partial charge in [0, 0.05) is 63.1 Å². The fraction of sp³-hybridized carbons (Fsp3) is 0.919. The number of rotatable bonds is 25. The lowest BCUT2D eigenvalue weighted by molar-refractivity contribution is -0.573. The van der Waals surface area contributed by atoms with Gasteiger partial charge in [-0.1, -0.05) is 83.1 Å². The number of nitrogens with two attached hydrogens (primary N) is 3. The molecule has 0 aromatic carbocycles. The number of hydrogen-bond donors (Lipinski definition) is 6. The molecule has 12 nitrogen and oxygen atoms in total. The second kappa shape index (κ2) is 18.8. The molecule has 0 saturated carbocycles. The Morgan fingerprint density at radius 3 is 0.898 bits per heavy atom. The Kier molecular flexibility index (Phi) is 17.9. The highest BCUT2D eigenvalue weighted by molar-refractivity contribution is 5.77. The first kappa shape index (κ1) is 46.7. The number of hydrogen-bond acceptors (Lipinski definition) is 8. The van der Waals surface area contributed by atoms with Crippen LogP contribution in [0.15, 0.2) is 0 Å². The van der Waals surface area contributed by atoms with Crippen LogP contribution in [0.4, 0.5) is 0 Å². The Hall–Kier alpha value is -2.31. The molecule has 0 heterocycles. The van der Waals surface area contributed by atoms with E-state index >= 15 is 0 Å². The maximum absolute atomic E-state index is 13.0. The molecule has 288 valence electrons. The fourth-order valence-electron chi connectivity index (χ4n) is 7.26. The standard InChI is InChI=1S/C37H75N7O5/c1-31(2,22-38)19-34(7,8)25-41-28(45)13-16-37(44(48)49,17-14-29(46)42-26-35(9,10)20-32(3,4)23-39)18-15-30(47)43-27-36(11,12)21-33(5,6)24-40/h13-27,38-40H2,1-12H3,(H,41,45)(H,42,46)(H,43,47). The molecule has 0 unspecified atom stereocenters. The van der Waals surface area contributed by atoms with E-state index in [1.165, 1.54) is 0 Å². The minimum absolute atomic E-state index is 0.0898. The molecule has 3 amide bonds. The highest BCUT2D eigenvalue weighted by atomic mass is 16.6. The summed E-state index contributed by atoms with van der Waals surface area (Å²) in [5.41, 5.74) is 15.2. The van der Waals surface area contributed by atoms with Crippen molar-refractivity contribution in [1.82, 2.24) is 16.0 Å². The molecule has 0 spiro atoms. The van der Waals surface area contributed by atoms with Gasteiger partial charge < -0.3 is 33.2 Å². The van der Waals surface area contributed by atoms with Gasteiger partial charge in [-0.3, -0.25) is 24.5 Å². The Morgan fingerprint density at radius 1 is 0.490 bits per heavy atom. The highest BCUT2D eigenvalue weighted by Gasteiger charge is 2.43. The lowest BCUT2D eigenvalue weighted by atomic mass is 9.75. The monoisotopic (exact) mass is 698 g/mol. The molecule has 0 bridgehead atoms. The van der Waals surface area contributed by atoms with Crippen molar-refractivity contribution in [3.63, 3.8) is 0 Å². The normalized spacial score (nSPS) is 13.6. The molecule has 0 aliphatic rings. The quantitative estimate of drug-likeness (QED) is 0.0570. The molecular formula is C37H75N7O5. The fourth-order valence-corrected chi connectivity index (χ4v) is 7.26. The van der Waals surface area contributed by atoms with Crippen molar-refractivity contribution in [1.29, 1.82) is 0 Å². The Labute approximate surface area is 298 Å². The zero-order valence-corrected chi connectivity index (χ0v) is 33.3. The molecule has 12 heteroatoms. The SMILES string of the molecule is CC(C)(CN)CC(C)(C)CNC(=O)CCC(CCC(=O)NCC(C)(C)CC(C)(C)CN)(CCC(=O)NCC(C)(C)CC(C)(C)CN)[N+](=O)[O-]. The Balaban J connectivity index is 5.75. The zero-order chi connectivity index (χ0) is 38.5. The number of nitro groups is 1. The van der Waals surface area contributed by atoms with Gasteiger partial charge in [0.1, 0.15) is 0 Å². The maximum atomic E-state index is 13.0. The van der Waals surface area contributed by atoms with E-state index in [9.17, 15) is 24.5 Å². The predicted molar refractivity (Wildman–Crippen MR) is 200 cm³/mol. The first-order valence-corrected chi connectivity index (χ1v) is 18.1. The van der Waals surface area contributed by atoms with Crippen LogP contribution >= 0.6 is 0 Å². The number of carbonyl (C=O) groups excluding carboxylic acids is 3. The van der Waals surface area contributed by atoms with E-state index in [4.69, 9.17) is 17.2 Å². The summed E-state index contributed by atoms with van der Waals surface area (Å²) in [4.78, 5) is 51.5. The van der Waals surface area contributed by atoms with E-state index in [-0.39, 0.29) is 88.7 Å². The van der Waals surface area contributed by atoms with Crippen molar-refractivity contribution >= 4 is 17.7 Å². The summed E-state index contributed by atoms with van der Waals surface area (Å²) in [6, 6.07) is 0. The third-order valence-electron chi connectivity index (χ3n) is 9.66. The average molecular weight is 698 g/mol. The summed E-state index contributed by atoms with van der Waals surface area (Å²) in [6.45, 7) is 27.6. The molecule has 0 radical (unpaired) electrons. The van der Waals surface area contributed by atoms with Crippen molar-refractivity contribution in [3.8, 4) is 0 Å². The van der Waals surface area contributed by atoms with Gasteiger partial charge in [0.15, 0.2) is 0 Å². The number of amides is 3. The molecule has 0 aromatic heterocycles. The largest absolute Gasteiger partial charge is 0.356 e. The van der Waals surface area contributed by atoms with Crippen molar-refractivity contribution in [2.75, 3.05) is 39.3 Å². The second-order valence-corrected chi connectivity index (χ2v) is 19.4. The topological polar surface area (TPSA) is 208 Å². The van der Waals surface area contributed by atoms with E-state index in [1.54, 1.807) is 0 Å². The third kappa shape index (κ3) is 19.6. The van der Waals surface area contributed by atoms with Crippen LogP contribution in [0.2, 0.25) is 0 Å². The summed E-state index contributed by atoms with van der Waals surface area (Å²) in [7, 11) is 0. The van der Waals surface area contributed by atoms with Crippen LogP contribution in [0.1, 0.15) is 141 Å². The lowest BCUT2D eigenvalue weighted by Gasteiger charge is -2.34. The molecular weight excluding hydrogens is 622 g/mol. The van der Waals surface area contributed by atoms with Gasteiger partial charge in [-0.2, -0.15) is 0 Å². The molecule has 0 saturated heterocycles. The summed E-state index contributed by atoms with van der Waals surface area (Å²) >= 11 is 0. The van der Waals surface area contributed by atoms with Crippen molar-refractivity contribution < 1.29 is 19.3 Å². The van der Waals surface area contributed by atoms with E-state index in [0.29, 0.717) is 39.3 Å². The third-order valence-corrected chi connectivity index (χ3v) is 9.66. The number of nitrogens with one attached hydrogen (secondary N) is 3. The first-order chi connectivity index (χ1) is 22.0. The Morgan fingerprint density at radius 2 is 0.714 bits per heavy atom.